The second-order valence-electron chi connectivity index (χ2n) is 5.44. The van der Waals surface area contributed by atoms with E-state index in [9.17, 15) is 13.2 Å². The molecule has 1 aromatic carbocycles. The summed E-state index contributed by atoms with van der Waals surface area (Å²) in [7, 11) is 0. The highest BCUT2D eigenvalue weighted by atomic mass is 19.4. The van der Waals surface area contributed by atoms with Crippen molar-refractivity contribution in [3.05, 3.63) is 35.4 Å². The second-order valence-corrected chi connectivity index (χ2v) is 5.44. The van der Waals surface area contributed by atoms with Crippen molar-refractivity contribution in [1.29, 1.82) is 0 Å². The van der Waals surface area contributed by atoms with Crippen LogP contribution in [0.25, 0.3) is 0 Å². The molecule has 102 valence electrons. The zero-order chi connectivity index (χ0) is 14.0. The fraction of sp³-hybridized carbons (Fsp3) is 0.571. The molecule has 0 bridgehead atoms. The van der Waals surface area contributed by atoms with Crippen molar-refractivity contribution >= 4 is 0 Å². The number of rotatable bonds is 3. The Morgan fingerprint density at radius 3 is 2.11 bits per heavy atom. The minimum Gasteiger partial charge on any atom is -0.310 e. The van der Waals surface area contributed by atoms with Gasteiger partial charge in [0.1, 0.15) is 0 Å². The Hall–Kier alpha value is -1.03. The molecule has 18 heavy (non-hydrogen) atoms. The fourth-order valence-corrected chi connectivity index (χ4v) is 2.09. The summed E-state index contributed by atoms with van der Waals surface area (Å²) in [6.07, 6.45) is -4.31. The summed E-state index contributed by atoms with van der Waals surface area (Å²) in [6, 6.07) is 5.46. The summed E-state index contributed by atoms with van der Waals surface area (Å²) in [5, 5.41) is 3.15. The number of nitrogens with one attached hydrogen (secondary N) is 1. The molecule has 0 aliphatic heterocycles. The molecule has 1 N–H and O–H groups in total. The Kier molecular flexibility index (Phi) is 4.43. The Balaban J connectivity index is 3.29. The predicted molar refractivity (Wildman–Crippen MR) is 67.3 cm³/mol. The molecule has 0 saturated heterocycles. The predicted octanol–water partition coefficient (Wildman–Crippen LogP) is 4.40. The van der Waals surface area contributed by atoms with Gasteiger partial charge in [0, 0.05) is 6.04 Å². The standard InChI is InChI=1S/C14H20F3N/c1-5-18-12(13(2,3)4)10-8-6-7-9-11(10)14(15,16)17/h6-9,12,18H,5H2,1-4H3. The zero-order valence-electron chi connectivity index (χ0n) is 11.2. The molecular formula is C14H20F3N. The molecule has 1 atom stereocenters. The fourth-order valence-electron chi connectivity index (χ4n) is 2.09. The van der Waals surface area contributed by atoms with Crippen LogP contribution in [0.3, 0.4) is 0 Å². The lowest BCUT2D eigenvalue weighted by molar-refractivity contribution is -0.138. The van der Waals surface area contributed by atoms with E-state index < -0.39 is 11.7 Å². The van der Waals surface area contributed by atoms with E-state index in [2.05, 4.69) is 5.32 Å². The minimum absolute atomic E-state index is 0.280. The first-order chi connectivity index (χ1) is 8.18. The van der Waals surface area contributed by atoms with Crippen LogP contribution in [0.4, 0.5) is 13.2 Å². The van der Waals surface area contributed by atoms with Crippen LogP contribution in [0.1, 0.15) is 44.9 Å². The number of hydrogen-bond donors (Lipinski definition) is 1. The first kappa shape index (κ1) is 15.0. The van der Waals surface area contributed by atoms with E-state index in [4.69, 9.17) is 0 Å². The molecule has 0 spiro atoms. The van der Waals surface area contributed by atoms with Crippen molar-refractivity contribution in [2.24, 2.45) is 5.41 Å². The van der Waals surface area contributed by atoms with E-state index in [1.807, 2.05) is 27.7 Å². The van der Waals surface area contributed by atoms with Crippen molar-refractivity contribution in [3.8, 4) is 0 Å². The van der Waals surface area contributed by atoms with E-state index >= 15 is 0 Å². The smallest absolute Gasteiger partial charge is 0.310 e. The van der Waals surface area contributed by atoms with E-state index in [1.165, 1.54) is 6.07 Å². The molecule has 0 fully saturated rings. The summed E-state index contributed by atoms with van der Waals surface area (Å²) in [5.41, 5.74) is -0.512. The van der Waals surface area contributed by atoms with E-state index in [0.29, 0.717) is 12.1 Å². The molecule has 0 aliphatic rings. The normalized spacial score (nSPS) is 14.6. The van der Waals surface area contributed by atoms with Crippen LogP contribution in [-0.2, 0) is 6.18 Å². The highest BCUT2D eigenvalue weighted by molar-refractivity contribution is 5.33. The summed E-state index contributed by atoms with van der Waals surface area (Å²) in [5.74, 6) is 0. The van der Waals surface area contributed by atoms with Crippen molar-refractivity contribution in [2.45, 2.75) is 39.9 Å². The third-order valence-corrected chi connectivity index (χ3v) is 2.85. The van der Waals surface area contributed by atoms with Gasteiger partial charge in [-0.05, 0) is 23.6 Å². The molecule has 1 nitrogen and oxygen atoms in total. The third-order valence-electron chi connectivity index (χ3n) is 2.85. The molecule has 0 aromatic heterocycles. The Bertz CT molecular complexity index is 391. The summed E-state index contributed by atoms with van der Waals surface area (Å²) >= 11 is 0. The van der Waals surface area contributed by atoms with Crippen LogP contribution < -0.4 is 5.32 Å². The molecule has 0 saturated carbocycles. The minimum atomic E-state index is -4.31. The van der Waals surface area contributed by atoms with Crippen molar-refractivity contribution in [3.63, 3.8) is 0 Å². The SMILES string of the molecule is CCNC(c1ccccc1C(F)(F)F)C(C)(C)C. The Morgan fingerprint density at radius 1 is 1.11 bits per heavy atom. The largest absolute Gasteiger partial charge is 0.416 e. The highest BCUT2D eigenvalue weighted by Gasteiger charge is 2.37. The van der Waals surface area contributed by atoms with Crippen molar-refractivity contribution in [1.82, 2.24) is 5.32 Å². The molecule has 0 radical (unpaired) electrons. The molecule has 0 heterocycles. The molecule has 1 rings (SSSR count). The lowest BCUT2D eigenvalue weighted by Gasteiger charge is -2.33. The lowest BCUT2D eigenvalue weighted by atomic mass is 9.80. The summed E-state index contributed by atoms with van der Waals surface area (Å²) in [6.45, 7) is 8.34. The average molecular weight is 259 g/mol. The highest BCUT2D eigenvalue weighted by Crippen LogP contribution is 2.40. The number of benzene rings is 1. The van der Waals surface area contributed by atoms with Gasteiger partial charge >= 0.3 is 6.18 Å². The van der Waals surface area contributed by atoms with Gasteiger partial charge in [0.2, 0.25) is 0 Å². The van der Waals surface area contributed by atoms with Crippen LogP contribution in [0, 0.1) is 5.41 Å². The molecular weight excluding hydrogens is 239 g/mol. The van der Waals surface area contributed by atoms with Gasteiger partial charge in [-0.2, -0.15) is 13.2 Å². The van der Waals surface area contributed by atoms with E-state index in [1.54, 1.807) is 12.1 Å². The van der Waals surface area contributed by atoms with Crippen LogP contribution in [0.15, 0.2) is 24.3 Å². The average Bonchev–Trinajstić information content (AvgIpc) is 2.23. The van der Waals surface area contributed by atoms with Gasteiger partial charge in [-0.3, -0.25) is 0 Å². The van der Waals surface area contributed by atoms with E-state index in [0.717, 1.165) is 6.07 Å². The third kappa shape index (κ3) is 3.48. The first-order valence-electron chi connectivity index (χ1n) is 6.07. The van der Waals surface area contributed by atoms with Gasteiger partial charge in [0.25, 0.3) is 0 Å². The molecule has 1 unspecified atom stereocenters. The zero-order valence-corrected chi connectivity index (χ0v) is 11.2. The van der Waals surface area contributed by atoms with Crippen LogP contribution >= 0.6 is 0 Å². The maximum atomic E-state index is 13.0. The van der Waals surface area contributed by atoms with Crippen molar-refractivity contribution < 1.29 is 13.2 Å². The van der Waals surface area contributed by atoms with E-state index in [-0.39, 0.29) is 11.5 Å². The first-order valence-corrected chi connectivity index (χ1v) is 6.07. The van der Waals surface area contributed by atoms with Crippen molar-refractivity contribution in [2.75, 3.05) is 6.54 Å². The topological polar surface area (TPSA) is 12.0 Å². The van der Waals surface area contributed by atoms with Gasteiger partial charge in [0.15, 0.2) is 0 Å². The number of halogens is 3. The maximum absolute atomic E-state index is 13.0. The molecule has 0 amide bonds. The van der Waals surface area contributed by atoms with Gasteiger partial charge < -0.3 is 5.32 Å². The summed E-state index contributed by atoms with van der Waals surface area (Å²) < 4.78 is 39.0. The van der Waals surface area contributed by atoms with Crippen LogP contribution in [0.5, 0.6) is 0 Å². The lowest BCUT2D eigenvalue weighted by Crippen LogP contribution is -2.33. The van der Waals surface area contributed by atoms with Crippen LogP contribution in [-0.4, -0.2) is 6.54 Å². The van der Waals surface area contributed by atoms with Crippen LogP contribution in [0.2, 0.25) is 0 Å². The molecule has 0 aliphatic carbocycles. The second kappa shape index (κ2) is 5.31. The van der Waals surface area contributed by atoms with Gasteiger partial charge in [0.05, 0.1) is 5.56 Å². The molecule has 1 aromatic rings. The van der Waals surface area contributed by atoms with Gasteiger partial charge in [-0.1, -0.05) is 45.9 Å². The molecule has 4 heteroatoms. The number of alkyl halides is 3. The number of hydrogen-bond acceptors (Lipinski definition) is 1. The quantitative estimate of drug-likeness (QED) is 0.848. The Morgan fingerprint density at radius 2 is 1.67 bits per heavy atom. The Labute approximate surface area is 106 Å². The summed E-state index contributed by atoms with van der Waals surface area (Å²) in [4.78, 5) is 0. The van der Waals surface area contributed by atoms with Gasteiger partial charge in [-0.25, -0.2) is 0 Å². The maximum Gasteiger partial charge on any atom is 0.416 e. The monoisotopic (exact) mass is 259 g/mol. The van der Waals surface area contributed by atoms with Gasteiger partial charge in [-0.15, -0.1) is 0 Å².